The Morgan fingerprint density at radius 1 is 1.12 bits per heavy atom. The summed E-state index contributed by atoms with van der Waals surface area (Å²) in [6.45, 7) is 6.10. The van der Waals surface area contributed by atoms with Crippen molar-refractivity contribution < 1.29 is 9.90 Å². The van der Waals surface area contributed by atoms with E-state index in [-0.39, 0.29) is 12.5 Å². The average Bonchev–Trinajstić information content (AvgIpc) is 3.14. The molecule has 1 amide bonds. The Labute approximate surface area is 245 Å². The number of nitrogens with zero attached hydrogens (tertiary/aromatic N) is 5. The van der Waals surface area contributed by atoms with Gasteiger partial charge in [-0.25, -0.2) is 19.3 Å². The summed E-state index contributed by atoms with van der Waals surface area (Å²) in [4.78, 5) is 29.7. The molecule has 1 fully saturated rings. The number of aromatic nitrogens is 2. The van der Waals surface area contributed by atoms with Crippen LogP contribution >= 0.6 is 11.9 Å². The van der Waals surface area contributed by atoms with Gasteiger partial charge in [0.15, 0.2) is 0 Å². The van der Waals surface area contributed by atoms with Crippen molar-refractivity contribution in [1.82, 2.24) is 19.2 Å². The normalized spacial score (nSPS) is 15.3. The lowest BCUT2D eigenvalue weighted by molar-refractivity contribution is -0.127. The third-order valence-corrected chi connectivity index (χ3v) is 8.11. The van der Waals surface area contributed by atoms with Crippen molar-refractivity contribution in [2.45, 2.75) is 31.1 Å². The van der Waals surface area contributed by atoms with Crippen molar-refractivity contribution in [3.63, 3.8) is 0 Å². The topological polar surface area (TPSA) is 120 Å². The van der Waals surface area contributed by atoms with Gasteiger partial charge in [-0.15, -0.1) is 0 Å². The van der Waals surface area contributed by atoms with Gasteiger partial charge in [0.05, 0.1) is 5.69 Å². The van der Waals surface area contributed by atoms with Gasteiger partial charge in [-0.3, -0.25) is 4.79 Å². The van der Waals surface area contributed by atoms with E-state index in [4.69, 9.17) is 10.7 Å². The quantitative estimate of drug-likeness (QED) is 0.213. The average molecular weight is 572 g/mol. The minimum atomic E-state index is -0.00274. The number of hydrogen-bond donors (Lipinski definition) is 3. The van der Waals surface area contributed by atoms with E-state index in [9.17, 15) is 9.90 Å². The number of rotatable bonds is 12. The number of aliphatic imine (C=N–C) groups is 1. The molecule has 3 aromatic rings. The summed E-state index contributed by atoms with van der Waals surface area (Å²) in [5.74, 6) is 1.40. The number of benzene rings is 2. The van der Waals surface area contributed by atoms with Crippen LogP contribution in [0.15, 0.2) is 76.4 Å². The second-order valence-corrected chi connectivity index (χ2v) is 11.6. The summed E-state index contributed by atoms with van der Waals surface area (Å²) < 4.78 is 2.27. The van der Waals surface area contributed by atoms with Crippen LogP contribution < -0.4 is 11.1 Å². The summed E-state index contributed by atoms with van der Waals surface area (Å²) in [6.07, 6.45) is 7.30. The van der Waals surface area contributed by atoms with Gasteiger partial charge < -0.3 is 21.1 Å². The lowest BCUT2D eigenvalue weighted by Gasteiger charge is -2.36. The lowest BCUT2D eigenvalue weighted by Crippen LogP contribution is -2.43. The lowest BCUT2D eigenvalue weighted by atomic mass is 10.0. The van der Waals surface area contributed by atoms with Crippen LogP contribution in [0.3, 0.4) is 0 Å². The Bertz CT molecular complexity index is 1410. The van der Waals surface area contributed by atoms with Crippen molar-refractivity contribution >= 4 is 41.4 Å². The summed E-state index contributed by atoms with van der Waals surface area (Å²) >= 11 is 1.72. The van der Waals surface area contributed by atoms with Crippen LogP contribution in [-0.4, -0.2) is 75.4 Å². The highest BCUT2D eigenvalue weighted by Crippen LogP contribution is 2.35. The van der Waals surface area contributed by atoms with Gasteiger partial charge in [-0.1, -0.05) is 31.2 Å². The highest BCUT2D eigenvalue weighted by molar-refractivity contribution is 7.97. The molecule has 5 rings (SSSR count). The molecule has 2 aliphatic rings. The molecule has 10 heteroatoms. The minimum Gasteiger partial charge on any atom is -0.396 e. The number of anilines is 1. The maximum atomic E-state index is 13.6. The standard InChI is InChI=1S/C31H37N7O2S/c1-2-13-37(14-5-12-35-31-33-10-4-11-34-31)30(40)26-15-25-9-8-24(17-28(25)36-29(32)18-26)23-6-3-7-27(16-23)41-38-19-22(20-38)21-39/h3-4,6-11,15-17,22,39H,2,5,12-14,18-21H2,1H3,(H2,32,36)(H,33,34,35). The summed E-state index contributed by atoms with van der Waals surface area (Å²) in [5, 5.41) is 12.5. The Kier molecular flexibility index (Phi) is 9.66. The second kappa shape index (κ2) is 13.8. The van der Waals surface area contributed by atoms with Crippen LogP contribution in [0.5, 0.6) is 0 Å². The van der Waals surface area contributed by atoms with Crippen LogP contribution in [0.4, 0.5) is 11.6 Å². The molecule has 0 unspecified atom stereocenters. The smallest absolute Gasteiger partial charge is 0.250 e. The van der Waals surface area contributed by atoms with Gasteiger partial charge in [0.1, 0.15) is 5.84 Å². The highest BCUT2D eigenvalue weighted by atomic mass is 32.2. The van der Waals surface area contributed by atoms with E-state index in [1.807, 2.05) is 23.1 Å². The second-order valence-electron chi connectivity index (χ2n) is 10.4. The molecule has 0 spiro atoms. The highest BCUT2D eigenvalue weighted by Gasteiger charge is 2.26. The molecule has 214 valence electrons. The molecule has 0 saturated carbocycles. The predicted molar refractivity (Wildman–Crippen MR) is 166 cm³/mol. The van der Waals surface area contributed by atoms with Crippen molar-refractivity contribution in [1.29, 1.82) is 0 Å². The SMILES string of the molecule is CCCN(CCCNc1ncccn1)C(=O)C1=Cc2ccc(-c3cccc(SN4CC(CO)C4)c3)cc2N=C(N)C1. The molecule has 2 aliphatic heterocycles. The molecular weight excluding hydrogens is 534 g/mol. The fourth-order valence-electron chi connectivity index (χ4n) is 4.95. The van der Waals surface area contributed by atoms with Crippen LogP contribution in [0.1, 0.15) is 31.7 Å². The Morgan fingerprint density at radius 2 is 1.93 bits per heavy atom. The number of amides is 1. The van der Waals surface area contributed by atoms with Crippen molar-refractivity contribution in [2.75, 3.05) is 44.6 Å². The molecule has 1 saturated heterocycles. The molecule has 9 nitrogen and oxygen atoms in total. The van der Waals surface area contributed by atoms with Crippen molar-refractivity contribution in [3.05, 3.63) is 72.1 Å². The van der Waals surface area contributed by atoms with Gasteiger partial charge in [-0.2, -0.15) is 0 Å². The zero-order valence-corrected chi connectivity index (χ0v) is 24.2. The first-order chi connectivity index (χ1) is 20.0. The van der Waals surface area contributed by atoms with Crippen molar-refractivity contribution in [3.8, 4) is 11.1 Å². The minimum absolute atomic E-state index is 0.00274. The third-order valence-electron chi connectivity index (χ3n) is 7.09. The van der Waals surface area contributed by atoms with Crippen LogP contribution in [0.25, 0.3) is 17.2 Å². The number of amidine groups is 1. The fraction of sp³-hybridized carbons (Fsp3) is 0.355. The maximum Gasteiger partial charge on any atom is 0.250 e. The van der Waals surface area contributed by atoms with Gasteiger partial charge in [-0.05, 0) is 66.3 Å². The first-order valence-electron chi connectivity index (χ1n) is 14.1. The van der Waals surface area contributed by atoms with E-state index < -0.39 is 0 Å². The largest absolute Gasteiger partial charge is 0.396 e. The first kappa shape index (κ1) is 28.8. The predicted octanol–water partition coefficient (Wildman–Crippen LogP) is 4.59. The van der Waals surface area contributed by atoms with Crippen molar-refractivity contribution in [2.24, 2.45) is 16.6 Å². The molecule has 0 bridgehead atoms. The van der Waals surface area contributed by atoms with E-state index in [1.54, 1.807) is 30.4 Å². The number of carbonyl (C=O) groups is 1. The maximum absolute atomic E-state index is 13.6. The summed E-state index contributed by atoms with van der Waals surface area (Å²) in [7, 11) is 0. The van der Waals surface area contributed by atoms with Gasteiger partial charge >= 0.3 is 0 Å². The molecule has 0 atom stereocenters. The summed E-state index contributed by atoms with van der Waals surface area (Å²) in [6, 6.07) is 16.4. The Morgan fingerprint density at radius 3 is 2.71 bits per heavy atom. The van der Waals surface area contributed by atoms with E-state index in [0.717, 1.165) is 53.2 Å². The number of aliphatic hydroxyl groups excluding tert-OH is 1. The number of nitrogens with two attached hydrogens (primary N) is 1. The number of carbonyl (C=O) groups excluding carboxylic acids is 1. The number of fused-ring (bicyclic) bond motifs is 1. The summed E-state index contributed by atoms with van der Waals surface area (Å²) in [5.41, 5.74) is 10.8. The van der Waals surface area contributed by atoms with Crippen LogP contribution in [0.2, 0.25) is 0 Å². The number of nitrogens with one attached hydrogen (secondary N) is 1. The van der Waals surface area contributed by atoms with Gasteiger partial charge in [0, 0.05) is 80.1 Å². The monoisotopic (exact) mass is 571 g/mol. The fourth-order valence-corrected chi connectivity index (χ4v) is 6.14. The van der Waals surface area contributed by atoms with E-state index in [2.05, 4.69) is 56.8 Å². The van der Waals surface area contributed by atoms with Gasteiger partial charge in [0.25, 0.3) is 0 Å². The zero-order chi connectivity index (χ0) is 28.6. The Hall–Kier alpha value is -3.73. The van der Waals surface area contributed by atoms with Crippen LogP contribution in [-0.2, 0) is 4.79 Å². The molecule has 4 N–H and O–H groups in total. The molecule has 1 aromatic heterocycles. The molecule has 2 aromatic carbocycles. The molecule has 3 heterocycles. The third kappa shape index (κ3) is 7.52. The first-order valence-corrected chi connectivity index (χ1v) is 14.9. The Balaban J connectivity index is 1.28. The molecule has 41 heavy (non-hydrogen) atoms. The van der Waals surface area contributed by atoms with E-state index >= 15 is 0 Å². The van der Waals surface area contributed by atoms with E-state index in [1.165, 1.54) is 0 Å². The van der Waals surface area contributed by atoms with E-state index in [0.29, 0.717) is 49.3 Å². The number of hydrogen-bond acceptors (Lipinski definition) is 9. The molecular formula is C31H37N7O2S. The van der Waals surface area contributed by atoms with Gasteiger partial charge in [0.2, 0.25) is 11.9 Å². The molecule has 0 aliphatic carbocycles. The molecule has 0 radical (unpaired) electrons. The number of aliphatic hydroxyl groups is 1. The van der Waals surface area contributed by atoms with Crippen LogP contribution in [0, 0.1) is 5.92 Å². The zero-order valence-electron chi connectivity index (χ0n) is 23.4.